The third kappa shape index (κ3) is 4.57. The number of carbonyl (C=O) groups is 2. The molecule has 0 saturated carbocycles. The van der Waals surface area contributed by atoms with Crippen LogP contribution in [0.3, 0.4) is 0 Å². The van der Waals surface area contributed by atoms with Crippen LogP contribution in [0.25, 0.3) is 0 Å². The average Bonchev–Trinajstić information content (AvgIpc) is 3.15. The molecule has 26 heavy (non-hydrogen) atoms. The first-order valence-electron chi connectivity index (χ1n) is 8.31. The Morgan fingerprint density at radius 1 is 1.04 bits per heavy atom. The number of Topliss-reactive ketones (excluding diaryl/α,β-unsaturated/α-hetero) is 1. The molecular formula is C20H20N4O2. The number of H-pyrrole nitrogens is 1. The Balaban J connectivity index is 1.77. The Hall–Kier alpha value is -3.41. The quantitative estimate of drug-likeness (QED) is 0.664. The SMILES string of the molecule is CC(=O)c1cccc(NC(=O)N(Cc2ccccc2)Cc2ccn[nH]2)c1. The molecule has 2 amide bonds. The fourth-order valence-electron chi connectivity index (χ4n) is 2.60. The number of hydrogen-bond acceptors (Lipinski definition) is 3. The third-order valence-corrected chi connectivity index (χ3v) is 3.94. The van der Waals surface area contributed by atoms with Crippen LogP contribution in [0.15, 0.2) is 66.9 Å². The lowest BCUT2D eigenvalue weighted by molar-refractivity contribution is 0.101. The third-order valence-electron chi connectivity index (χ3n) is 3.94. The molecule has 0 aliphatic carbocycles. The van der Waals surface area contributed by atoms with Crippen molar-refractivity contribution >= 4 is 17.5 Å². The molecule has 0 radical (unpaired) electrons. The maximum Gasteiger partial charge on any atom is 0.322 e. The van der Waals surface area contributed by atoms with Gasteiger partial charge in [-0.3, -0.25) is 9.89 Å². The molecule has 0 fully saturated rings. The van der Waals surface area contributed by atoms with E-state index in [-0.39, 0.29) is 11.8 Å². The second-order valence-electron chi connectivity index (χ2n) is 5.99. The molecule has 3 aromatic rings. The van der Waals surface area contributed by atoms with E-state index < -0.39 is 0 Å². The molecule has 0 saturated heterocycles. The zero-order chi connectivity index (χ0) is 18.4. The highest BCUT2D eigenvalue weighted by Crippen LogP contribution is 2.14. The van der Waals surface area contributed by atoms with E-state index in [1.165, 1.54) is 6.92 Å². The first kappa shape index (κ1) is 17.4. The molecule has 6 heteroatoms. The Labute approximate surface area is 151 Å². The predicted octanol–water partition coefficient (Wildman–Crippen LogP) is 3.85. The Kier molecular flexibility index (Phi) is 5.43. The van der Waals surface area contributed by atoms with Gasteiger partial charge in [0.25, 0.3) is 0 Å². The summed E-state index contributed by atoms with van der Waals surface area (Å²) in [5, 5.41) is 9.69. The van der Waals surface area contributed by atoms with Crippen molar-refractivity contribution in [3.8, 4) is 0 Å². The van der Waals surface area contributed by atoms with Gasteiger partial charge in [0.05, 0.1) is 12.2 Å². The van der Waals surface area contributed by atoms with E-state index in [0.717, 1.165) is 11.3 Å². The number of aromatic amines is 1. The second-order valence-corrected chi connectivity index (χ2v) is 5.99. The summed E-state index contributed by atoms with van der Waals surface area (Å²) in [7, 11) is 0. The van der Waals surface area contributed by atoms with Gasteiger partial charge in [0.15, 0.2) is 5.78 Å². The van der Waals surface area contributed by atoms with Crippen molar-refractivity contribution in [2.24, 2.45) is 0 Å². The number of carbonyl (C=O) groups excluding carboxylic acids is 2. The topological polar surface area (TPSA) is 78.1 Å². The number of anilines is 1. The van der Waals surface area contributed by atoms with Gasteiger partial charge in [-0.05, 0) is 30.7 Å². The molecule has 132 valence electrons. The van der Waals surface area contributed by atoms with E-state index in [0.29, 0.717) is 24.3 Å². The molecule has 3 rings (SSSR count). The largest absolute Gasteiger partial charge is 0.322 e. The van der Waals surface area contributed by atoms with Gasteiger partial charge in [-0.15, -0.1) is 0 Å². The van der Waals surface area contributed by atoms with Crippen LogP contribution in [0.1, 0.15) is 28.5 Å². The Morgan fingerprint density at radius 3 is 2.54 bits per heavy atom. The number of aromatic nitrogens is 2. The molecule has 0 spiro atoms. The maximum absolute atomic E-state index is 12.8. The van der Waals surface area contributed by atoms with Gasteiger partial charge in [0.1, 0.15) is 0 Å². The van der Waals surface area contributed by atoms with Crippen LogP contribution < -0.4 is 5.32 Å². The van der Waals surface area contributed by atoms with E-state index in [4.69, 9.17) is 0 Å². The smallest absolute Gasteiger partial charge is 0.314 e. The number of rotatable bonds is 6. The summed E-state index contributed by atoms with van der Waals surface area (Å²) in [4.78, 5) is 26.0. The first-order valence-corrected chi connectivity index (χ1v) is 8.31. The fraction of sp³-hybridized carbons (Fsp3) is 0.150. The van der Waals surface area contributed by atoms with E-state index in [1.807, 2.05) is 36.4 Å². The lowest BCUT2D eigenvalue weighted by Crippen LogP contribution is -2.34. The molecule has 0 bridgehead atoms. The van der Waals surface area contributed by atoms with Crippen molar-refractivity contribution in [2.45, 2.75) is 20.0 Å². The fourth-order valence-corrected chi connectivity index (χ4v) is 2.60. The highest BCUT2D eigenvalue weighted by molar-refractivity contribution is 5.96. The Bertz CT molecular complexity index is 876. The average molecular weight is 348 g/mol. The summed E-state index contributed by atoms with van der Waals surface area (Å²) < 4.78 is 0. The van der Waals surface area contributed by atoms with Crippen LogP contribution >= 0.6 is 0 Å². The van der Waals surface area contributed by atoms with E-state index >= 15 is 0 Å². The molecule has 2 aromatic carbocycles. The molecule has 1 heterocycles. The highest BCUT2D eigenvalue weighted by atomic mass is 16.2. The van der Waals surface area contributed by atoms with Gasteiger partial charge in [-0.1, -0.05) is 42.5 Å². The van der Waals surface area contributed by atoms with Gasteiger partial charge in [0, 0.05) is 24.0 Å². The summed E-state index contributed by atoms with van der Waals surface area (Å²) in [5.41, 5.74) is 3.02. The molecule has 2 N–H and O–H groups in total. The van der Waals surface area contributed by atoms with Gasteiger partial charge < -0.3 is 10.2 Å². The monoisotopic (exact) mass is 348 g/mol. The van der Waals surface area contributed by atoms with E-state index in [9.17, 15) is 9.59 Å². The highest BCUT2D eigenvalue weighted by Gasteiger charge is 2.16. The summed E-state index contributed by atoms with van der Waals surface area (Å²) in [6.45, 7) is 2.35. The Morgan fingerprint density at radius 2 is 1.85 bits per heavy atom. The van der Waals surface area contributed by atoms with Crippen molar-refractivity contribution in [1.29, 1.82) is 0 Å². The zero-order valence-corrected chi connectivity index (χ0v) is 14.5. The van der Waals surface area contributed by atoms with Gasteiger partial charge >= 0.3 is 6.03 Å². The van der Waals surface area contributed by atoms with Crippen LogP contribution in [0.5, 0.6) is 0 Å². The van der Waals surface area contributed by atoms with Crippen LogP contribution in [-0.2, 0) is 13.1 Å². The number of benzene rings is 2. The summed E-state index contributed by atoms with van der Waals surface area (Å²) in [6.07, 6.45) is 1.66. The van der Waals surface area contributed by atoms with Crippen LogP contribution in [0, 0.1) is 0 Å². The standard InChI is InChI=1S/C20H20N4O2/c1-15(25)17-8-5-9-18(12-17)22-20(26)24(14-19-10-11-21-23-19)13-16-6-3-2-4-7-16/h2-12H,13-14H2,1H3,(H,21,23)(H,22,26). The van der Waals surface area contributed by atoms with E-state index in [1.54, 1.807) is 35.4 Å². The van der Waals surface area contributed by atoms with Crippen molar-refractivity contribution in [3.05, 3.63) is 83.7 Å². The van der Waals surface area contributed by atoms with Crippen LogP contribution in [0.2, 0.25) is 0 Å². The minimum Gasteiger partial charge on any atom is -0.314 e. The lowest BCUT2D eigenvalue weighted by Gasteiger charge is -2.23. The number of urea groups is 1. The first-order chi connectivity index (χ1) is 12.6. The van der Waals surface area contributed by atoms with E-state index in [2.05, 4.69) is 15.5 Å². The van der Waals surface area contributed by atoms with Crippen molar-refractivity contribution in [2.75, 3.05) is 5.32 Å². The molecule has 0 aliphatic heterocycles. The summed E-state index contributed by atoms with van der Waals surface area (Å²) >= 11 is 0. The second kappa shape index (κ2) is 8.11. The minimum atomic E-state index is -0.246. The number of amides is 2. The molecule has 6 nitrogen and oxygen atoms in total. The normalized spacial score (nSPS) is 10.3. The molecule has 1 aromatic heterocycles. The van der Waals surface area contributed by atoms with Gasteiger partial charge in [0.2, 0.25) is 0 Å². The number of nitrogens with one attached hydrogen (secondary N) is 2. The van der Waals surface area contributed by atoms with Crippen LogP contribution in [0.4, 0.5) is 10.5 Å². The molecule has 0 atom stereocenters. The molecule has 0 unspecified atom stereocenters. The van der Waals surface area contributed by atoms with Gasteiger partial charge in [-0.2, -0.15) is 5.10 Å². The van der Waals surface area contributed by atoms with Crippen molar-refractivity contribution < 1.29 is 9.59 Å². The number of ketones is 1. The molecular weight excluding hydrogens is 328 g/mol. The summed E-state index contributed by atoms with van der Waals surface area (Å²) in [5.74, 6) is -0.0419. The van der Waals surface area contributed by atoms with Gasteiger partial charge in [-0.25, -0.2) is 4.79 Å². The zero-order valence-electron chi connectivity index (χ0n) is 14.5. The summed E-state index contributed by atoms with van der Waals surface area (Å²) in [6, 6.07) is 18.3. The number of hydrogen-bond donors (Lipinski definition) is 2. The lowest BCUT2D eigenvalue weighted by atomic mass is 10.1. The predicted molar refractivity (Wildman–Crippen MR) is 99.7 cm³/mol. The minimum absolute atomic E-state index is 0.0419. The number of nitrogens with zero attached hydrogens (tertiary/aromatic N) is 2. The maximum atomic E-state index is 12.8. The molecule has 0 aliphatic rings. The van der Waals surface area contributed by atoms with Crippen molar-refractivity contribution in [3.63, 3.8) is 0 Å². The van der Waals surface area contributed by atoms with Crippen molar-refractivity contribution in [1.82, 2.24) is 15.1 Å². The van der Waals surface area contributed by atoms with Crippen LogP contribution in [-0.4, -0.2) is 26.9 Å².